The molecule has 0 bridgehead atoms. The normalized spacial score (nSPS) is 19.8. The minimum absolute atomic E-state index is 0.0135. The van der Waals surface area contributed by atoms with E-state index in [1.54, 1.807) is 18.5 Å². The molecule has 2 amide bonds. The molecule has 8 nitrogen and oxygen atoms in total. The van der Waals surface area contributed by atoms with Gasteiger partial charge in [-0.05, 0) is 32.4 Å². The van der Waals surface area contributed by atoms with Gasteiger partial charge in [-0.3, -0.25) is 19.5 Å². The first-order valence-electron chi connectivity index (χ1n) is 9.19. The minimum atomic E-state index is -0.289. The molecule has 0 saturated carbocycles. The first kappa shape index (κ1) is 19.0. The van der Waals surface area contributed by atoms with Crippen LogP contribution in [0.5, 0.6) is 0 Å². The van der Waals surface area contributed by atoms with Crippen LogP contribution in [0.4, 0.5) is 0 Å². The zero-order chi connectivity index (χ0) is 19.4. The molecule has 2 unspecified atom stereocenters. The van der Waals surface area contributed by atoms with Crippen LogP contribution in [-0.2, 0) is 18.4 Å². The Morgan fingerprint density at radius 2 is 2.11 bits per heavy atom. The third kappa shape index (κ3) is 4.51. The number of pyridine rings is 1. The number of likely N-dealkylation sites (tertiary alicyclic amines) is 1. The molecule has 1 fully saturated rings. The van der Waals surface area contributed by atoms with E-state index in [2.05, 4.69) is 25.5 Å². The number of carbonyl (C=O) groups excluding carboxylic acids is 2. The lowest BCUT2D eigenvalue weighted by Gasteiger charge is -2.22. The van der Waals surface area contributed by atoms with E-state index in [4.69, 9.17) is 0 Å². The molecule has 2 aromatic heterocycles. The van der Waals surface area contributed by atoms with E-state index < -0.39 is 0 Å². The Morgan fingerprint density at radius 1 is 1.30 bits per heavy atom. The van der Waals surface area contributed by atoms with Crippen LogP contribution >= 0.6 is 0 Å². The number of imidazole rings is 1. The summed E-state index contributed by atoms with van der Waals surface area (Å²) < 4.78 is 1.94. The molecule has 1 aliphatic rings. The fraction of sp³-hybridized carbons (Fsp3) is 0.474. The quantitative estimate of drug-likeness (QED) is 0.778. The van der Waals surface area contributed by atoms with Crippen LogP contribution in [0.25, 0.3) is 0 Å². The van der Waals surface area contributed by atoms with Gasteiger partial charge in [0.2, 0.25) is 5.91 Å². The van der Waals surface area contributed by atoms with E-state index in [9.17, 15) is 9.59 Å². The number of likely N-dealkylation sites (N-methyl/N-ethyl adjacent to an activating group) is 1. The van der Waals surface area contributed by atoms with E-state index >= 15 is 0 Å². The molecule has 2 aromatic rings. The monoisotopic (exact) mass is 370 g/mol. The molecule has 27 heavy (non-hydrogen) atoms. The topological polar surface area (TPSA) is 92.2 Å². The van der Waals surface area contributed by atoms with Gasteiger partial charge < -0.3 is 15.2 Å². The second kappa shape index (κ2) is 8.30. The Hall–Kier alpha value is -2.74. The van der Waals surface area contributed by atoms with Crippen LogP contribution in [0.2, 0.25) is 0 Å². The van der Waals surface area contributed by atoms with Crippen molar-refractivity contribution < 1.29 is 9.59 Å². The van der Waals surface area contributed by atoms with Crippen molar-refractivity contribution in [3.8, 4) is 0 Å². The maximum Gasteiger partial charge on any atom is 0.253 e. The predicted molar refractivity (Wildman–Crippen MR) is 101 cm³/mol. The maximum atomic E-state index is 12.5. The second-order valence-corrected chi connectivity index (χ2v) is 6.89. The summed E-state index contributed by atoms with van der Waals surface area (Å²) in [6.07, 6.45) is 5.78. The molecule has 0 radical (unpaired) electrons. The third-order valence-electron chi connectivity index (χ3n) is 4.83. The van der Waals surface area contributed by atoms with Crippen molar-refractivity contribution in [2.45, 2.75) is 38.9 Å². The van der Waals surface area contributed by atoms with Crippen molar-refractivity contribution in [2.24, 2.45) is 7.05 Å². The smallest absolute Gasteiger partial charge is 0.253 e. The van der Waals surface area contributed by atoms with Crippen LogP contribution in [0.3, 0.4) is 0 Å². The lowest BCUT2D eigenvalue weighted by Crippen LogP contribution is -2.43. The zero-order valence-corrected chi connectivity index (χ0v) is 16.0. The van der Waals surface area contributed by atoms with E-state index in [-0.39, 0.29) is 23.9 Å². The van der Waals surface area contributed by atoms with E-state index in [1.165, 1.54) is 0 Å². The third-order valence-corrected chi connectivity index (χ3v) is 4.83. The van der Waals surface area contributed by atoms with Gasteiger partial charge in [-0.15, -0.1) is 0 Å². The van der Waals surface area contributed by atoms with Gasteiger partial charge in [-0.25, -0.2) is 4.98 Å². The van der Waals surface area contributed by atoms with Crippen LogP contribution < -0.4 is 10.6 Å². The predicted octanol–water partition coefficient (Wildman–Crippen LogP) is 0.633. The summed E-state index contributed by atoms with van der Waals surface area (Å²) in [5.41, 5.74) is 1.39. The lowest BCUT2D eigenvalue weighted by atomic mass is 10.1. The molecule has 0 spiro atoms. The summed E-state index contributed by atoms with van der Waals surface area (Å²) in [6, 6.07) is 3.18. The molecule has 2 atom stereocenters. The molecule has 3 heterocycles. The Bertz CT molecular complexity index is 801. The summed E-state index contributed by atoms with van der Waals surface area (Å²) >= 11 is 0. The molecule has 3 rings (SSSR count). The highest BCUT2D eigenvalue weighted by Crippen LogP contribution is 2.21. The highest BCUT2D eigenvalue weighted by molar-refractivity contribution is 5.94. The molecular weight excluding hydrogens is 344 g/mol. The van der Waals surface area contributed by atoms with Gasteiger partial charge in [0.1, 0.15) is 5.82 Å². The number of aromatic nitrogens is 3. The number of carbonyl (C=O) groups is 2. The molecule has 8 heteroatoms. The fourth-order valence-corrected chi connectivity index (χ4v) is 3.35. The van der Waals surface area contributed by atoms with Crippen molar-refractivity contribution >= 4 is 11.8 Å². The van der Waals surface area contributed by atoms with Gasteiger partial charge in [-0.2, -0.15) is 0 Å². The molecule has 0 aliphatic carbocycles. The summed E-state index contributed by atoms with van der Waals surface area (Å²) in [5.74, 6) is 0.709. The fourth-order valence-electron chi connectivity index (χ4n) is 3.35. The largest absolute Gasteiger partial charge is 0.355 e. The molecule has 1 saturated heterocycles. The zero-order valence-electron chi connectivity index (χ0n) is 16.0. The van der Waals surface area contributed by atoms with Gasteiger partial charge in [0, 0.05) is 50.5 Å². The number of hydrogen-bond acceptors (Lipinski definition) is 5. The van der Waals surface area contributed by atoms with Crippen LogP contribution in [-0.4, -0.2) is 56.4 Å². The van der Waals surface area contributed by atoms with Gasteiger partial charge in [-0.1, -0.05) is 0 Å². The van der Waals surface area contributed by atoms with Gasteiger partial charge >= 0.3 is 0 Å². The van der Waals surface area contributed by atoms with Crippen molar-refractivity contribution in [1.29, 1.82) is 0 Å². The number of amides is 2. The maximum absolute atomic E-state index is 12.5. The summed E-state index contributed by atoms with van der Waals surface area (Å²) in [5, 5.41) is 5.93. The molecular formula is C19H26N6O2. The van der Waals surface area contributed by atoms with Gasteiger partial charge in [0.25, 0.3) is 5.91 Å². The second-order valence-electron chi connectivity index (χ2n) is 6.89. The van der Waals surface area contributed by atoms with Gasteiger partial charge in [0.15, 0.2) is 0 Å². The van der Waals surface area contributed by atoms with Crippen molar-refractivity contribution in [2.75, 3.05) is 13.1 Å². The Labute approximate surface area is 159 Å². The Morgan fingerprint density at radius 3 is 2.74 bits per heavy atom. The van der Waals surface area contributed by atoms with Crippen molar-refractivity contribution in [3.63, 3.8) is 0 Å². The van der Waals surface area contributed by atoms with Crippen molar-refractivity contribution in [3.05, 3.63) is 47.8 Å². The van der Waals surface area contributed by atoms with Crippen molar-refractivity contribution in [1.82, 2.24) is 30.1 Å². The molecule has 2 N–H and O–H groups in total. The number of nitrogens with one attached hydrogen (secondary N) is 2. The first-order valence-corrected chi connectivity index (χ1v) is 9.19. The number of aryl methyl sites for hydroxylation is 2. The lowest BCUT2D eigenvalue weighted by molar-refractivity contribution is -0.125. The van der Waals surface area contributed by atoms with E-state index in [1.807, 2.05) is 37.7 Å². The van der Waals surface area contributed by atoms with Crippen LogP contribution in [0.15, 0.2) is 30.7 Å². The SMILES string of the molecule is CCNC(=O)C1CC(NC(=O)c2ccc(C)nc2)CN1Cc1nccn1C. The molecule has 144 valence electrons. The highest BCUT2D eigenvalue weighted by atomic mass is 16.2. The average Bonchev–Trinajstić information content (AvgIpc) is 3.22. The Balaban J connectivity index is 1.69. The first-order chi connectivity index (χ1) is 13.0. The highest BCUT2D eigenvalue weighted by Gasteiger charge is 2.37. The summed E-state index contributed by atoms with van der Waals surface area (Å²) in [7, 11) is 1.93. The van der Waals surface area contributed by atoms with Gasteiger partial charge in [0.05, 0.1) is 18.2 Å². The average molecular weight is 370 g/mol. The minimum Gasteiger partial charge on any atom is -0.355 e. The van der Waals surface area contributed by atoms with E-state index in [0.717, 1.165) is 11.5 Å². The van der Waals surface area contributed by atoms with E-state index in [0.29, 0.717) is 31.6 Å². The molecule has 0 aromatic carbocycles. The molecule has 1 aliphatic heterocycles. The van der Waals surface area contributed by atoms with Crippen LogP contribution in [0, 0.1) is 6.92 Å². The number of rotatable bonds is 6. The Kier molecular flexibility index (Phi) is 5.85. The summed E-state index contributed by atoms with van der Waals surface area (Å²) in [4.78, 5) is 35.6. The number of nitrogens with zero attached hydrogens (tertiary/aromatic N) is 4. The number of hydrogen-bond donors (Lipinski definition) is 2. The van der Waals surface area contributed by atoms with Crippen LogP contribution in [0.1, 0.15) is 35.2 Å². The summed E-state index contributed by atoms with van der Waals surface area (Å²) in [6.45, 7) is 5.52. The standard InChI is InChI=1S/C19H26N6O2/c1-4-20-19(27)16-9-15(11-25(16)12-17-21-7-8-24(17)3)23-18(26)14-6-5-13(2)22-10-14/h5-8,10,15-16H,4,9,11-12H2,1-3H3,(H,20,27)(H,23,26).